The summed E-state index contributed by atoms with van der Waals surface area (Å²) in [7, 11) is 2.20. The van der Waals surface area contributed by atoms with Crippen LogP contribution in [0.4, 0.5) is 0 Å². The van der Waals surface area contributed by atoms with Crippen molar-refractivity contribution in [3.63, 3.8) is 0 Å². The molecule has 0 atom stereocenters. The van der Waals surface area contributed by atoms with Gasteiger partial charge >= 0.3 is 0 Å². The van der Waals surface area contributed by atoms with Crippen molar-refractivity contribution in [1.82, 2.24) is 10.2 Å². The first-order chi connectivity index (χ1) is 7.25. The van der Waals surface area contributed by atoms with Crippen molar-refractivity contribution >= 4 is 0 Å². The fourth-order valence-corrected chi connectivity index (χ4v) is 1.75. The SMILES string of the molecule is Cc1ccc(CNCCN(C)C2CC2)o1. The number of hydrogen-bond acceptors (Lipinski definition) is 3. The van der Waals surface area contributed by atoms with Gasteiger partial charge in [-0.15, -0.1) is 0 Å². The summed E-state index contributed by atoms with van der Waals surface area (Å²) in [6.45, 7) is 4.98. The lowest BCUT2D eigenvalue weighted by Crippen LogP contribution is -2.30. The molecular weight excluding hydrogens is 188 g/mol. The highest BCUT2D eigenvalue weighted by Gasteiger charge is 2.25. The minimum atomic E-state index is 0.840. The summed E-state index contributed by atoms with van der Waals surface area (Å²) in [5, 5.41) is 3.39. The van der Waals surface area contributed by atoms with Gasteiger partial charge in [-0.1, -0.05) is 0 Å². The molecule has 1 aliphatic rings. The van der Waals surface area contributed by atoms with Gasteiger partial charge in [0.2, 0.25) is 0 Å². The van der Waals surface area contributed by atoms with Crippen LogP contribution in [0.2, 0.25) is 0 Å². The second-order valence-corrected chi connectivity index (χ2v) is 4.40. The molecule has 0 unspecified atom stereocenters. The van der Waals surface area contributed by atoms with Gasteiger partial charge in [-0.05, 0) is 38.9 Å². The minimum Gasteiger partial charge on any atom is -0.465 e. The van der Waals surface area contributed by atoms with E-state index in [1.165, 1.54) is 12.8 Å². The number of furan rings is 1. The Kier molecular flexibility index (Phi) is 3.44. The monoisotopic (exact) mass is 208 g/mol. The Hall–Kier alpha value is -0.800. The molecule has 0 amide bonds. The molecule has 1 saturated carbocycles. The zero-order valence-corrected chi connectivity index (χ0v) is 9.62. The standard InChI is InChI=1S/C12H20N2O/c1-10-3-6-12(15-10)9-13-7-8-14(2)11-4-5-11/h3,6,11,13H,4-5,7-9H2,1-2H3. The Morgan fingerprint density at radius 3 is 2.87 bits per heavy atom. The molecule has 0 aliphatic heterocycles. The first-order valence-electron chi connectivity index (χ1n) is 5.72. The second kappa shape index (κ2) is 4.81. The zero-order chi connectivity index (χ0) is 10.7. The quantitative estimate of drug-likeness (QED) is 0.722. The van der Waals surface area contributed by atoms with Gasteiger partial charge in [-0.3, -0.25) is 0 Å². The van der Waals surface area contributed by atoms with Crippen molar-refractivity contribution in [1.29, 1.82) is 0 Å². The number of nitrogens with one attached hydrogen (secondary N) is 1. The van der Waals surface area contributed by atoms with Crippen molar-refractivity contribution < 1.29 is 4.42 Å². The van der Waals surface area contributed by atoms with E-state index >= 15 is 0 Å². The summed E-state index contributed by atoms with van der Waals surface area (Å²) in [5.74, 6) is 2.02. The average Bonchev–Trinajstić information content (AvgIpc) is 2.98. The van der Waals surface area contributed by atoms with Gasteiger partial charge in [0.05, 0.1) is 6.54 Å². The summed E-state index contributed by atoms with van der Waals surface area (Å²) in [6, 6.07) is 4.90. The van der Waals surface area contributed by atoms with Crippen molar-refractivity contribution in [3.05, 3.63) is 23.7 Å². The van der Waals surface area contributed by atoms with Crippen LogP contribution in [0.3, 0.4) is 0 Å². The Bertz CT molecular complexity index is 304. The van der Waals surface area contributed by atoms with E-state index < -0.39 is 0 Å². The zero-order valence-electron chi connectivity index (χ0n) is 9.62. The maximum atomic E-state index is 5.47. The smallest absolute Gasteiger partial charge is 0.117 e. The van der Waals surface area contributed by atoms with E-state index in [4.69, 9.17) is 4.42 Å². The van der Waals surface area contributed by atoms with Crippen molar-refractivity contribution in [2.24, 2.45) is 0 Å². The van der Waals surface area contributed by atoms with E-state index in [1.807, 2.05) is 19.1 Å². The Balaban J connectivity index is 1.58. The highest BCUT2D eigenvalue weighted by molar-refractivity contribution is 5.05. The van der Waals surface area contributed by atoms with E-state index in [0.29, 0.717) is 0 Å². The van der Waals surface area contributed by atoms with Crippen LogP contribution in [0.25, 0.3) is 0 Å². The molecule has 1 aromatic heterocycles. The molecule has 1 N–H and O–H groups in total. The molecule has 3 nitrogen and oxygen atoms in total. The number of aryl methyl sites for hydroxylation is 1. The molecule has 3 heteroatoms. The molecule has 1 fully saturated rings. The maximum Gasteiger partial charge on any atom is 0.117 e. The predicted octanol–water partition coefficient (Wildman–Crippen LogP) is 1.77. The van der Waals surface area contributed by atoms with Crippen LogP contribution >= 0.6 is 0 Å². The Morgan fingerprint density at radius 2 is 2.27 bits per heavy atom. The van der Waals surface area contributed by atoms with Crippen LogP contribution in [0.1, 0.15) is 24.4 Å². The highest BCUT2D eigenvalue weighted by Crippen LogP contribution is 2.24. The number of nitrogens with zero attached hydrogens (tertiary/aromatic N) is 1. The van der Waals surface area contributed by atoms with E-state index in [0.717, 1.165) is 37.2 Å². The van der Waals surface area contributed by atoms with Crippen LogP contribution in [-0.2, 0) is 6.54 Å². The molecule has 0 spiro atoms. The topological polar surface area (TPSA) is 28.4 Å². The Labute approximate surface area is 91.4 Å². The average molecular weight is 208 g/mol. The summed E-state index contributed by atoms with van der Waals surface area (Å²) in [5.41, 5.74) is 0. The minimum absolute atomic E-state index is 0.840. The maximum absolute atomic E-state index is 5.47. The second-order valence-electron chi connectivity index (χ2n) is 4.40. The predicted molar refractivity (Wildman–Crippen MR) is 60.8 cm³/mol. The largest absolute Gasteiger partial charge is 0.465 e. The Morgan fingerprint density at radius 1 is 1.47 bits per heavy atom. The molecule has 2 rings (SSSR count). The van der Waals surface area contributed by atoms with Gasteiger partial charge in [0.15, 0.2) is 0 Å². The van der Waals surface area contributed by atoms with Crippen molar-refractivity contribution in [2.75, 3.05) is 20.1 Å². The molecule has 1 heterocycles. The molecular formula is C12H20N2O. The third-order valence-electron chi connectivity index (χ3n) is 2.91. The molecule has 15 heavy (non-hydrogen) atoms. The van der Waals surface area contributed by atoms with Crippen LogP contribution in [0.5, 0.6) is 0 Å². The van der Waals surface area contributed by atoms with E-state index in [-0.39, 0.29) is 0 Å². The van der Waals surface area contributed by atoms with Gasteiger partial charge in [0.1, 0.15) is 11.5 Å². The van der Waals surface area contributed by atoms with Gasteiger partial charge in [-0.25, -0.2) is 0 Å². The van der Waals surface area contributed by atoms with Gasteiger partial charge in [-0.2, -0.15) is 0 Å². The third kappa shape index (κ3) is 3.36. The lowest BCUT2D eigenvalue weighted by atomic mass is 10.4. The van der Waals surface area contributed by atoms with E-state index in [9.17, 15) is 0 Å². The molecule has 0 radical (unpaired) electrons. The number of hydrogen-bond donors (Lipinski definition) is 1. The van der Waals surface area contributed by atoms with Gasteiger partial charge in [0.25, 0.3) is 0 Å². The van der Waals surface area contributed by atoms with Crippen molar-refractivity contribution in [2.45, 2.75) is 32.4 Å². The fraction of sp³-hybridized carbons (Fsp3) is 0.667. The summed E-state index contributed by atoms with van der Waals surface area (Å²) in [6.07, 6.45) is 2.77. The van der Waals surface area contributed by atoms with Crippen LogP contribution in [0, 0.1) is 6.92 Å². The fourth-order valence-electron chi connectivity index (χ4n) is 1.75. The van der Waals surface area contributed by atoms with Crippen LogP contribution in [-0.4, -0.2) is 31.1 Å². The van der Waals surface area contributed by atoms with Crippen LogP contribution in [0.15, 0.2) is 16.5 Å². The molecule has 84 valence electrons. The van der Waals surface area contributed by atoms with Crippen LogP contribution < -0.4 is 5.32 Å². The molecule has 0 bridgehead atoms. The number of rotatable bonds is 6. The lowest BCUT2D eigenvalue weighted by Gasteiger charge is -2.15. The molecule has 1 aromatic rings. The summed E-state index contributed by atoms with van der Waals surface area (Å²) >= 11 is 0. The molecule has 0 aromatic carbocycles. The summed E-state index contributed by atoms with van der Waals surface area (Å²) in [4.78, 5) is 2.43. The number of likely N-dealkylation sites (N-methyl/N-ethyl adjacent to an activating group) is 1. The summed E-state index contributed by atoms with van der Waals surface area (Å²) < 4.78 is 5.47. The lowest BCUT2D eigenvalue weighted by molar-refractivity contribution is 0.319. The molecule has 1 aliphatic carbocycles. The van der Waals surface area contributed by atoms with Crippen molar-refractivity contribution in [3.8, 4) is 0 Å². The van der Waals surface area contributed by atoms with E-state index in [2.05, 4.69) is 17.3 Å². The van der Waals surface area contributed by atoms with Gasteiger partial charge in [0, 0.05) is 19.1 Å². The molecule has 0 saturated heterocycles. The normalized spacial score (nSPS) is 16.2. The highest BCUT2D eigenvalue weighted by atomic mass is 16.3. The van der Waals surface area contributed by atoms with E-state index in [1.54, 1.807) is 0 Å². The van der Waals surface area contributed by atoms with Gasteiger partial charge < -0.3 is 14.6 Å². The first-order valence-corrected chi connectivity index (χ1v) is 5.72. The first kappa shape index (κ1) is 10.7. The third-order valence-corrected chi connectivity index (χ3v) is 2.91.